The Bertz CT molecular complexity index is 1350. The summed E-state index contributed by atoms with van der Waals surface area (Å²) < 4.78 is 12.2. The molecule has 0 amide bonds. The first-order chi connectivity index (χ1) is 19.0. The summed E-state index contributed by atoms with van der Waals surface area (Å²) in [7, 11) is 2.19. The average Bonchev–Trinajstić information content (AvgIpc) is 3.54. The Morgan fingerprint density at radius 2 is 1.69 bits per heavy atom. The molecule has 0 aromatic heterocycles. The van der Waals surface area contributed by atoms with Crippen LogP contribution >= 0.6 is 0 Å². The van der Waals surface area contributed by atoms with E-state index < -0.39 is 11.6 Å². The molecule has 6 rings (SSSR count). The molecule has 4 atom stereocenters. The Kier molecular flexibility index (Phi) is 6.88. The molecule has 2 bridgehead atoms. The van der Waals surface area contributed by atoms with Crippen LogP contribution in [-0.2, 0) is 21.6 Å². The molecule has 39 heavy (non-hydrogen) atoms. The van der Waals surface area contributed by atoms with E-state index in [-0.39, 0.29) is 12.0 Å². The van der Waals surface area contributed by atoms with Gasteiger partial charge in [0.15, 0.2) is 0 Å². The van der Waals surface area contributed by atoms with Gasteiger partial charge < -0.3 is 19.5 Å². The van der Waals surface area contributed by atoms with Crippen LogP contribution in [0.4, 0.5) is 0 Å². The minimum absolute atomic E-state index is 0.200. The van der Waals surface area contributed by atoms with Crippen LogP contribution in [0.25, 0.3) is 0 Å². The van der Waals surface area contributed by atoms with Crippen molar-refractivity contribution >= 4 is 5.97 Å². The number of hydrogen-bond acceptors (Lipinski definition) is 6. The number of carbonyl (C=O) groups is 1. The third-order valence-electron chi connectivity index (χ3n) is 8.95. The number of esters is 1. The normalized spacial score (nSPS) is 23.9. The van der Waals surface area contributed by atoms with E-state index in [9.17, 15) is 9.90 Å². The van der Waals surface area contributed by atoms with Crippen LogP contribution in [0.5, 0.6) is 11.5 Å². The van der Waals surface area contributed by atoms with Crippen molar-refractivity contribution in [2.45, 2.75) is 56.3 Å². The van der Waals surface area contributed by atoms with Gasteiger partial charge in [-0.2, -0.15) is 5.26 Å². The number of unbranched alkanes of at least 4 members (excludes halogenated alkanes) is 1. The van der Waals surface area contributed by atoms with Crippen molar-refractivity contribution < 1.29 is 19.4 Å². The zero-order chi connectivity index (χ0) is 27.0. The topological polar surface area (TPSA) is 82.8 Å². The van der Waals surface area contributed by atoms with Crippen LogP contribution in [0, 0.1) is 23.2 Å². The molecule has 3 aromatic rings. The first kappa shape index (κ1) is 25.6. The third-order valence-corrected chi connectivity index (χ3v) is 8.95. The van der Waals surface area contributed by atoms with Gasteiger partial charge in [-0.15, -0.1) is 0 Å². The number of ether oxygens (including phenoxy) is 2. The summed E-state index contributed by atoms with van der Waals surface area (Å²) in [5, 5.41) is 20.9. The van der Waals surface area contributed by atoms with Gasteiger partial charge in [0.25, 0.3) is 0 Å². The van der Waals surface area contributed by atoms with Crippen molar-refractivity contribution in [2.75, 3.05) is 13.6 Å². The van der Waals surface area contributed by atoms with Crippen molar-refractivity contribution in [3.63, 3.8) is 0 Å². The van der Waals surface area contributed by atoms with E-state index in [1.165, 1.54) is 5.56 Å². The van der Waals surface area contributed by atoms with Crippen molar-refractivity contribution in [2.24, 2.45) is 11.8 Å². The maximum atomic E-state index is 13.8. The number of fused-ring (bicyclic) bond motifs is 4. The molecule has 3 aromatic carbocycles. The third kappa shape index (κ3) is 4.60. The van der Waals surface area contributed by atoms with Gasteiger partial charge in [0.05, 0.1) is 11.6 Å². The van der Waals surface area contributed by atoms with E-state index in [0.29, 0.717) is 40.1 Å². The molecule has 2 fully saturated rings. The highest BCUT2D eigenvalue weighted by Crippen LogP contribution is 2.51. The van der Waals surface area contributed by atoms with Gasteiger partial charge >= 0.3 is 5.97 Å². The predicted octanol–water partition coefficient (Wildman–Crippen LogP) is 5.56. The Morgan fingerprint density at radius 1 is 1.03 bits per heavy atom. The minimum atomic E-state index is -1.90. The Hall–Kier alpha value is -3.66. The summed E-state index contributed by atoms with van der Waals surface area (Å²) in [5.41, 5.74) is 0.905. The molecule has 3 aliphatic rings. The molecule has 2 unspecified atom stereocenters. The van der Waals surface area contributed by atoms with Crippen LogP contribution in [0.15, 0.2) is 72.8 Å². The van der Waals surface area contributed by atoms with Gasteiger partial charge in [0.1, 0.15) is 17.6 Å². The molecule has 0 radical (unpaired) electrons. The van der Waals surface area contributed by atoms with Gasteiger partial charge in [-0.3, -0.25) is 0 Å². The van der Waals surface area contributed by atoms with Gasteiger partial charge in [-0.1, -0.05) is 48.5 Å². The number of rotatable bonds is 8. The van der Waals surface area contributed by atoms with E-state index in [1.807, 2.05) is 36.4 Å². The average molecular weight is 523 g/mol. The van der Waals surface area contributed by atoms with Crippen LogP contribution in [0.3, 0.4) is 0 Å². The van der Waals surface area contributed by atoms with Gasteiger partial charge in [0.2, 0.25) is 5.60 Å². The molecule has 2 saturated carbocycles. The van der Waals surface area contributed by atoms with Crippen molar-refractivity contribution in [3.8, 4) is 17.6 Å². The maximum absolute atomic E-state index is 13.8. The van der Waals surface area contributed by atoms with Crippen LogP contribution in [0.1, 0.15) is 54.4 Å². The summed E-state index contributed by atoms with van der Waals surface area (Å²) in [6.45, 7) is 0.997. The van der Waals surface area contributed by atoms with Crippen LogP contribution in [-0.4, -0.2) is 41.7 Å². The second kappa shape index (κ2) is 10.5. The van der Waals surface area contributed by atoms with Crippen molar-refractivity contribution in [3.05, 3.63) is 95.1 Å². The second-order valence-electron chi connectivity index (χ2n) is 11.2. The Balaban J connectivity index is 1.10. The maximum Gasteiger partial charge on any atom is 0.348 e. The van der Waals surface area contributed by atoms with Crippen molar-refractivity contribution in [1.29, 1.82) is 5.26 Å². The summed E-state index contributed by atoms with van der Waals surface area (Å²) in [6.07, 6.45) is 6.01. The highest BCUT2D eigenvalue weighted by Gasteiger charge is 2.54. The molecular weight excluding hydrogens is 488 g/mol. The molecule has 2 aliphatic carbocycles. The fourth-order valence-electron chi connectivity index (χ4n) is 7.06. The van der Waals surface area contributed by atoms with E-state index in [1.54, 1.807) is 36.4 Å². The molecule has 0 saturated heterocycles. The first-order valence-electron chi connectivity index (χ1n) is 14.0. The zero-order valence-corrected chi connectivity index (χ0v) is 22.3. The molecule has 6 heteroatoms. The molecule has 0 spiro atoms. The number of carbonyl (C=O) groups excluding carboxylic acids is 1. The number of para-hydroxylation sites is 2. The lowest BCUT2D eigenvalue weighted by Crippen LogP contribution is -2.44. The Morgan fingerprint density at radius 3 is 2.36 bits per heavy atom. The lowest BCUT2D eigenvalue weighted by atomic mass is 9.83. The number of benzene rings is 3. The van der Waals surface area contributed by atoms with Crippen LogP contribution in [0.2, 0.25) is 0 Å². The number of aryl methyl sites for hydroxylation is 1. The second-order valence-corrected chi connectivity index (χ2v) is 11.2. The van der Waals surface area contributed by atoms with Crippen LogP contribution < -0.4 is 4.74 Å². The molecule has 1 heterocycles. The smallest absolute Gasteiger partial charge is 0.348 e. The van der Waals surface area contributed by atoms with E-state index in [2.05, 4.69) is 18.0 Å². The summed E-state index contributed by atoms with van der Waals surface area (Å²) in [5.74, 6) is 1.10. The standard InChI is InChI=1S/C33H34N2O4/c1-35(19-7-6-8-22-13-15-23(21-34)16-14-22)31-24-17-18-25(31)30(20-24)39-32(36)33(37)26-9-2-4-11-28(26)38-29-12-5-3-10-27(29)33/h2-5,9-16,24-25,30-31,37H,6-8,17-20H2,1H3/t24?,25-,30-,31?/m1/s1. The molecule has 6 nitrogen and oxygen atoms in total. The molecular formula is C33H34N2O4. The van der Waals surface area contributed by atoms with Crippen molar-refractivity contribution in [1.82, 2.24) is 4.90 Å². The van der Waals surface area contributed by atoms with E-state index in [0.717, 1.165) is 45.1 Å². The fraction of sp³-hybridized carbons (Fsp3) is 0.394. The monoisotopic (exact) mass is 522 g/mol. The SMILES string of the molecule is CN(CCCCc1ccc(C#N)cc1)C1C2CC[C@@H]1[C@H](OC(=O)C1(O)c3ccccc3Oc3ccccc31)C2. The predicted molar refractivity (Wildman–Crippen MR) is 147 cm³/mol. The van der Waals surface area contributed by atoms with E-state index in [4.69, 9.17) is 14.7 Å². The molecule has 1 N–H and O–H groups in total. The first-order valence-corrected chi connectivity index (χ1v) is 14.0. The Labute approximate surface area is 229 Å². The number of aliphatic hydroxyl groups is 1. The highest BCUT2D eigenvalue weighted by atomic mass is 16.6. The minimum Gasteiger partial charge on any atom is -0.459 e. The highest BCUT2D eigenvalue weighted by molar-refractivity contribution is 5.88. The molecule has 200 valence electrons. The summed E-state index contributed by atoms with van der Waals surface area (Å²) >= 11 is 0. The lowest BCUT2D eigenvalue weighted by molar-refractivity contribution is -0.171. The number of nitrogens with zero attached hydrogens (tertiary/aromatic N) is 2. The number of nitriles is 1. The molecule has 1 aliphatic heterocycles. The quantitative estimate of drug-likeness (QED) is 0.308. The summed E-state index contributed by atoms with van der Waals surface area (Å²) in [6, 6.07) is 24.7. The van der Waals surface area contributed by atoms with Gasteiger partial charge in [-0.25, -0.2) is 4.79 Å². The number of hydrogen-bond donors (Lipinski definition) is 1. The lowest BCUT2D eigenvalue weighted by Gasteiger charge is -2.35. The van der Waals surface area contributed by atoms with E-state index >= 15 is 0 Å². The fourth-order valence-corrected chi connectivity index (χ4v) is 7.06. The largest absolute Gasteiger partial charge is 0.459 e. The summed E-state index contributed by atoms with van der Waals surface area (Å²) in [4.78, 5) is 16.2. The van der Waals surface area contributed by atoms with Gasteiger partial charge in [-0.05, 0) is 87.9 Å². The zero-order valence-electron chi connectivity index (χ0n) is 22.3. The van der Waals surface area contributed by atoms with Gasteiger partial charge in [0, 0.05) is 23.1 Å².